The standard InChI is InChI=1S/C18H17FN2O2/c1-18(2)7-6-13-15(16(18)22)14(12(9-20)17(21)23-13)10-4-3-5-11(19)8-10/h3-5,8,14H,6-7,21H2,1-2H3/t14-/m0/s1. The van der Waals surface area contributed by atoms with E-state index < -0.39 is 17.2 Å². The van der Waals surface area contributed by atoms with Crippen LogP contribution >= 0.6 is 0 Å². The molecule has 0 amide bonds. The maximum Gasteiger partial charge on any atom is 0.205 e. The average molecular weight is 312 g/mol. The molecule has 1 aromatic rings. The summed E-state index contributed by atoms with van der Waals surface area (Å²) in [5, 5.41) is 9.47. The molecule has 0 bridgehead atoms. The number of carbonyl (C=O) groups is 1. The smallest absolute Gasteiger partial charge is 0.205 e. The molecule has 0 aromatic heterocycles. The number of carbonyl (C=O) groups excluding carboxylic acids is 1. The number of nitrogens with two attached hydrogens (primary N) is 1. The highest BCUT2D eigenvalue weighted by molar-refractivity contribution is 6.03. The Hall–Kier alpha value is -2.61. The Kier molecular flexibility index (Phi) is 3.48. The number of ketones is 1. The molecular weight excluding hydrogens is 295 g/mol. The Bertz CT molecular complexity index is 799. The second-order valence-corrected chi connectivity index (χ2v) is 6.53. The Morgan fingerprint density at radius 2 is 2.17 bits per heavy atom. The van der Waals surface area contributed by atoms with Crippen LogP contribution in [-0.2, 0) is 9.53 Å². The van der Waals surface area contributed by atoms with E-state index in [2.05, 4.69) is 0 Å². The van der Waals surface area contributed by atoms with Gasteiger partial charge < -0.3 is 10.5 Å². The van der Waals surface area contributed by atoms with Gasteiger partial charge in [-0.05, 0) is 24.1 Å². The maximum atomic E-state index is 13.7. The van der Waals surface area contributed by atoms with Gasteiger partial charge in [-0.3, -0.25) is 4.79 Å². The molecule has 0 spiro atoms. The summed E-state index contributed by atoms with van der Waals surface area (Å²) < 4.78 is 19.2. The SMILES string of the molecule is CC1(C)CCC2=C(C1=O)[C@@H](c1cccc(F)c1)C(C#N)=C(N)O2. The molecule has 5 heteroatoms. The fourth-order valence-electron chi connectivity index (χ4n) is 3.18. The predicted octanol–water partition coefficient (Wildman–Crippen LogP) is 3.28. The molecule has 1 aromatic carbocycles. The van der Waals surface area contributed by atoms with Crippen LogP contribution in [0.15, 0.2) is 47.1 Å². The summed E-state index contributed by atoms with van der Waals surface area (Å²) in [5.74, 6) is -0.678. The largest absolute Gasteiger partial charge is 0.444 e. The second-order valence-electron chi connectivity index (χ2n) is 6.53. The normalized spacial score (nSPS) is 23.2. The van der Waals surface area contributed by atoms with E-state index in [0.29, 0.717) is 29.7 Å². The summed E-state index contributed by atoms with van der Waals surface area (Å²) in [7, 11) is 0. The number of nitriles is 1. The molecule has 1 atom stereocenters. The minimum absolute atomic E-state index is 0.00647. The van der Waals surface area contributed by atoms with Crippen molar-refractivity contribution in [2.75, 3.05) is 0 Å². The minimum Gasteiger partial charge on any atom is -0.444 e. The minimum atomic E-state index is -0.675. The number of benzene rings is 1. The first-order valence-corrected chi connectivity index (χ1v) is 7.46. The van der Waals surface area contributed by atoms with Gasteiger partial charge in [0.1, 0.15) is 23.2 Å². The molecule has 23 heavy (non-hydrogen) atoms. The van der Waals surface area contributed by atoms with Gasteiger partial charge in [-0.25, -0.2) is 4.39 Å². The molecule has 0 unspecified atom stereocenters. The monoisotopic (exact) mass is 312 g/mol. The molecule has 0 saturated carbocycles. The highest BCUT2D eigenvalue weighted by Crippen LogP contribution is 2.47. The van der Waals surface area contributed by atoms with Crippen LogP contribution in [0, 0.1) is 22.6 Å². The van der Waals surface area contributed by atoms with Crippen LogP contribution in [0.25, 0.3) is 0 Å². The van der Waals surface area contributed by atoms with Crippen LogP contribution in [0.1, 0.15) is 38.2 Å². The predicted molar refractivity (Wildman–Crippen MR) is 82.1 cm³/mol. The van der Waals surface area contributed by atoms with Crippen molar-refractivity contribution in [1.82, 2.24) is 0 Å². The van der Waals surface area contributed by atoms with Crippen molar-refractivity contribution >= 4 is 5.78 Å². The second kappa shape index (κ2) is 5.24. The van der Waals surface area contributed by atoms with Gasteiger partial charge in [0.05, 0.1) is 5.92 Å². The Morgan fingerprint density at radius 1 is 1.43 bits per heavy atom. The zero-order valence-electron chi connectivity index (χ0n) is 13.0. The molecule has 3 rings (SSSR count). The zero-order valence-corrected chi connectivity index (χ0v) is 13.0. The summed E-state index contributed by atoms with van der Waals surface area (Å²) in [4.78, 5) is 12.9. The third kappa shape index (κ3) is 2.40. The van der Waals surface area contributed by atoms with Gasteiger partial charge in [-0.2, -0.15) is 5.26 Å². The number of halogens is 1. The Morgan fingerprint density at radius 3 is 2.83 bits per heavy atom. The van der Waals surface area contributed by atoms with Crippen molar-refractivity contribution in [1.29, 1.82) is 5.26 Å². The quantitative estimate of drug-likeness (QED) is 0.863. The third-order valence-electron chi connectivity index (χ3n) is 4.52. The zero-order chi connectivity index (χ0) is 16.8. The maximum absolute atomic E-state index is 13.7. The van der Waals surface area contributed by atoms with Crippen molar-refractivity contribution in [3.05, 3.63) is 58.4 Å². The summed E-state index contributed by atoms with van der Waals surface area (Å²) >= 11 is 0. The van der Waals surface area contributed by atoms with Gasteiger partial charge in [0.25, 0.3) is 0 Å². The highest BCUT2D eigenvalue weighted by atomic mass is 19.1. The number of allylic oxidation sites excluding steroid dienone is 3. The van der Waals surface area contributed by atoms with E-state index in [0.717, 1.165) is 0 Å². The average Bonchev–Trinajstić information content (AvgIpc) is 2.50. The van der Waals surface area contributed by atoms with E-state index in [1.807, 2.05) is 19.9 Å². The molecule has 118 valence electrons. The molecule has 1 aliphatic heterocycles. The van der Waals surface area contributed by atoms with Crippen molar-refractivity contribution < 1.29 is 13.9 Å². The van der Waals surface area contributed by atoms with Crippen molar-refractivity contribution in [3.63, 3.8) is 0 Å². The Balaban J connectivity index is 2.22. The van der Waals surface area contributed by atoms with Crippen LogP contribution in [-0.4, -0.2) is 5.78 Å². The van der Waals surface area contributed by atoms with Gasteiger partial charge in [0.2, 0.25) is 5.88 Å². The molecular formula is C18H17FN2O2. The van der Waals surface area contributed by atoms with Crippen molar-refractivity contribution in [2.24, 2.45) is 11.1 Å². The summed E-state index contributed by atoms with van der Waals surface area (Å²) in [6.07, 6.45) is 1.22. The fraction of sp³-hybridized carbons (Fsp3) is 0.333. The highest BCUT2D eigenvalue weighted by Gasteiger charge is 2.44. The lowest BCUT2D eigenvalue weighted by Crippen LogP contribution is -2.36. The molecule has 0 radical (unpaired) electrons. The van der Waals surface area contributed by atoms with E-state index in [-0.39, 0.29) is 17.2 Å². The summed E-state index contributed by atoms with van der Waals surface area (Å²) in [6, 6.07) is 7.94. The van der Waals surface area contributed by atoms with E-state index >= 15 is 0 Å². The Labute approximate surface area is 134 Å². The first kappa shape index (κ1) is 15.3. The molecule has 0 fully saturated rings. The van der Waals surface area contributed by atoms with Crippen molar-refractivity contribution in [2.45, 2.75) is 32.6 Å². The van der Waals surface area contributed by atoms with E-state index in [4.69, 9.17) is 10.5 Å². The lowest BCUT2D eigenvalue weighted by atomic mass is 9.68. The number of hydrogen-bond acceptors (Lipinski definition) is 4. The van der Waals surface area contributed by atoms with Gasteiger partial charge in [0.15, 0.2) is 5.78 Å². The first-order valence-electron chi connectivity index (χ1n) is 7.46. The van der Waals surface area contributed by atoms with Crippen LogP contribution in [0.3, 0.4) is 0 Å². The van der Waals surface area contributed by atoms with Gasteiger partial charge in [0, 0.05) is 17.4 Å². The van der Waals surface area contributed by atoms with Gasteiger partial charge >= 0.3 is 0 Å². The van der Waals surface area contributed by atoms with Crippen LogP contribution in [0.2, 0.25) is 0 Å². The van der Waals surface area contributed by atoms with Crippen molar-refractivity contribution in [3.8, 4) is 6.07 Å². The molecule has 2 N–H and O–H groups in total. The molecule has 1 aliphatic carbocycles. The number of Topliss-reactive ketones (excluding diaryl/α,β-unsaturated/α-hetero) is 1. The molecule has 1 heterocycles. The van der Waals surface area contributed by atoms with E-state index in [1.54, 1.807) is 12.1 Å². The van der Waals surface area contributed by atoms with Gasteiger partial charge in [-0.15, -0.1) is 0 Å². The fourth-order valence-corrected chi connectivity index (χ4v) is 3.18. The number of ether oxygens (including phenoxy) is 1. The lowest BCUT2D eigenvalue weighted by Gasteiger charge is -2.37. The lowest BCUT2D eigenvalue weighted by molar-refractivity contribution is -0.125. The molecule has 2 aliphatic rings. The number of nitrogens with zero attached hydrogens (tertiary/aromatic N) is 1. The summed E-state index contributed by atoms with van der Waals surface area (Å²) in [6.45, 7) is 3.74. The van der Waals surface area contributed by atoms with Gasteiger partial charge in [-0.1, -0.05) is 26.0 Å². The number of rotatable bonds is 1. The molecule has 0 saturated heterocycles. The number of hydrogen-bond donors (Lipinski definition) is 1. The first-order chi connectivity index (χ1) is 10.8. The van der Waals surface area contributed by atoms with Crippen LogP contribution in [0.4, 0.5) is 4.39 Å². The van der Waals surface area contributed by atoms with Crippen LogP contribution in [0.5, 0.6) is 0 Å². The summed E-state index contributed by atoms with van der Waals surface area (Å²) in [5.41, 5.74) is 6.44. The third-order valence-corrected chi connectivity index (χ3v) is 4.52. The van der Waals surface area contributed by atoms with E-state index in [1.165, 1.54) is 12.1 Å². The van der Waals surface area contributed by atoms with Crippen LogP contribution < -0.4 is 5.73 Å². The topological polar surface area (TPSA) is 76.1 Å². The molecule has 4 nitrogen and oxygen atoms in total. The van der Waals surface area contributed by atoms with E-state index in [9.17, 15) is 14.4 Å².